The van der Waals surface area contributed by atoms with Gasteiger partial charge in [0.2, 0.25) is 0 Å². The average molecular weight is 404 g/mol. The number of carbonyl (C=O) groups excluding carboxylic acids is 2. The van der Waals surface area contributed by atoms with Crippen LogP contribution in [0.25, 0.3) is 5.69 Å². The molecule has 0 saturated heterocycles. The minimum Gasteiger partial charge on any atom is -0.449 e. The van der Waals surface area contributed by atoms with E-state index in [0.717, 1.165) is 0 Å². The average Bonchev–Trinajstić information content (AvgIpc) is 2.97. The Balaban J connectivity index is 1.76. The Labute approximate surface area is 172 Å². The molecule has 0 fully saturated rings. The van der Waals surface area contributed by atoms with Crippen molar-refractivity contribution in [3.63, 3.8) is 0 Å². The molecule has 0 aliphatic rings. The number of carbonyl (C=O) groups is 2. The van der Waals surface area contributed by atoms with E-state index >= 15 is 0 Å². The molecule has 1 N–H and O–H groups in total. The Morgan fingerprint density at radius 2 is 1.73 bits per heavy atom. The number of hydrogen-bond acceptors (Lipinski definition) is 5. The molecule has 8 heteroatoms. The van der Waals surface area contributed by atoms with Crippen molar-refractivity contribution in [2.75, 3.05) is 5.32 Å². The van der Waals surface area contributed by atoms with Gasteiger partial charge in [0.05, 0.1) is 28.6 Å². The Morgan fingerprint density at radius 3 is 2.33 bits per heavy atom. The quantitative estimate of drug-likeness (QED) is 0.658. The lowest BCUT2D eigenvalue weighted by atomic mass is 10.1. The summed E-state index contributed by atoms with van der Waals surface area (Å²) in [7, 11) is 1.72. The first-order valence-electron chi connectivity index (χ1n) is 9.19. The van der Waals surface area contributed by atoms with Gasteiger partial charge in [-0.1, -0.05) is 18.2 Å². The summed E-state index contributed by atoms with van der Waals surface area (Å²) in [6.45, 7) is 3.13. The van der Waals surface area contributed by atoms with Gasteiger partial charge in [0.25, 0.3) is 11.5 Å². The van der Waals surface area contributed by atoms with Crippen molar-refractivity contribution in [3.05, 3.63) is 81.8 Å². The van der Waals surface area contributed by atoms with Crippen LogP contribution < -0.4 is 10.9 Å². The van der Waals surface area contributed by atoms with Crippen molar-refractivity contribution >= 4 is 17.6 Å². The maximum Gasteiger partial charge on any atom is 0.338 e. The van der Waals surface area contributed by atoms with Gasteiger partial charge in [-0.05, 0) is 50.2 Å². The number of aromatic nitrogens is 2. The van der Waals surface area contributed by atoms with Crippen molar-refractivity contribution < 1.29 is 14.3 Å². The van der Waals surface area contributed by atoms with Gasteiger partial charge >= 0.3 is 5.97 Å². The van der Waals surface area contributed by atoms with Gasteiger partial charge in [-0.3, -0.25) is 14.3 Å². The number of hydrogen-bond donors (Lipinski definition) is 1. The maximum atomic E-state index is 12.9. The fourth-order valence-electron chi connectivity index (χ4n) is 2.90. The number of benzene rings is 2. The summed E-state index contributed by atoms with van der Waals surface area (Å²) >= 11 is 0. The molecule has 2 aromatic carbocycles. The number of nitrogens with zero attached hydrogens (tertiary/aromatic N) is 3. The van der Waals surface area contributed by atoms with E-state index in [4.69, 9.17) is 10.00 Å². The summed E-state index contributed by atoms with van der Waals surface area (Å²) < 4.78 is 8.28. The van der Waals surface area contributed by atoms with Gasteiger partial charge < -0.3 is 10.1 Å². The predicted molar refractivity (Wildman–Crippen MR) is 110 cm³/mol. The van der Waals surface area contributed by atoms with Crippen LogP contribution in [0.15, 0.2) is 59.4 Å². The summed E-state index contributed by atoms with van der Waals surface area (Å²) in [6.07, 6.45) is -1.13. The SMILES string of the molecule is Cc1c(NC(=O)[C@H](C)OC(=O)c2ccc(C#N)cc2)c(=O)n(-c2ccccc2)n1C. The highest BCUT2D eigenvalue weighted by Crippen LogP contribution is 2.15. The van der Waals surface area contributed by atoms with Crippen LogP contribution in [0.1, 0.15) is 28.5 Å². The molecule has 8 nitrogen and oxygen atoms in total. The van der Waals surface area contributed by atoms with E-state index in [0.29, 0.717) is 16.9 Å². The number of rotatable bonds is 5. The molecule has 0 unspecified atom stereocenters. The zero-order valence-corrected chi connectivity index (χ0v) is 16.7. The third kappa shape index (κ3) is 4.00. The Morgan fingerprint density at radius 1 is 1.10 bits per heavy atom. The zero-order chi connectivity index (χ0) is 21.8. The van der Waals surface area contributed by atoms with Crippen molar-refractivity contribution in [1.29, 1.82) is 5.26 Å². The van der Waals surface area contributed by atoms with Gasteiger partial charge in [0.1, 0.15) is 5.69 Å². The molecule has 0 aliphatic carbocycles. The molecule has 30 heavy (non-hydrogen) atoms. The predicted octanol–water partition coefficient (Wildman–Crippen LogP) is 2.54. The van der Waals surface area contributed by atoms with Gasteiger partial charge in [-0.15, -0.1) is 0 Å². The van der Waals surface area contributed by atoms with E-state index in [2.05, 4.69) is 5.32 Å². The normalized spacial score (nSPS) is 11.4. The summed E-state index contributed by atoms with van der Waals surface area (Å²) in [6, 6.07) is 16.9. The first-order valence-corrected chi connectivity index (χ1v) is 9.19. The molecule has 3 aromatic rings. The molecule has 1 amide bonds. The second kappa shape index (κ2) is 8.49. The number of ether oxygens (including phenoxy) is 1. The first kappa shape index (κ1) is 20.6. The number of nitriles is 1. The number of amides is 1. The number of nitrogens with one attached hydrogen (secondary N) is 1. The van der Waals surface area contributed by atoms with Crippen molar-refractivity contribution in [1.82, 2.24) is 9.36 Å². The smallest absolute Gasteiger partial charge is 0.338 e. The Hall–Kier alpha value is -4.12. The van der Waals surface area contributed by atoms with E-state index in [9.17, 15) is 14.4 Å². The van der Waals surface area contributed by atoms with Gasteiger partial charge in [0.15, 0.2) is 6.10 Å². The third-order valence-corrected chi connectivity index (χ3v) is 4.71. The monoisotopic (exact) mass is 404 g/mol. The lowest BCUT2D eigenvalue weighted by Crippen LogP contribution is -2.32. The molecule has 152 valence electrons. The topological polar surface area (TPSA) is 106 Å². The lowest BCUT2D eigenvalue weighted by Gasteiger charge is -2.13. The molecular formula is C22H20N4O4. The van der Waals surface area contributed by atoms with Crippen molar-refractivity contribution in [2.45, 2.75) is 20.0 Å². The standard InChI is InChI=1S/C22H20N4O4/c1-14-19(21(28)26(25(14)3)18-7-5-4-6-8-18)24-20(27)15(2)30-22(29)17-11-9-16(13-23)10-12-17/h4-12,15H,1-3H3,(H,24,27)/t15-/m0/s1. The largest absolute Gasteiger partial charge is 0.449 e. The van der Waals surface area contributed by atoms with Gasteiger partial charge in [0, 0.05) is 7.05 Å². The molecule has 0 radical (unpaired) electrons. The van der Waals surface area contributed by atoms with Crippen LogP contribution in [-0.2, 0) is 16.6 Å². The van der Waals surface area contributed by atoms with Crippen LogP contribution in [0.3, 0.4) is 0 Å². The van der Waals surface area contributed by atoms with Crippen molar-refractivity contribution in [3.8, 4) is 11.8 Å². The minimum atomic E-state index is -1.13. The van der Waals surface area contributed by atoms with Crippen LogP contribution in [0.5, 0.6) is 0 Å². The molecule has 0 bridgehead atoms. The van der Waals surface area contributed by atoms with Crippen LogP contribution in [0.4, 0.5) is 5.69 Å². The zero-order valence-electron chi connectivity index (χ0n) is 16.7. The first-order chi connectivity index (χ1) is 14.3. The van der Waals surface area contributed by atoms with Crippen molar-refractivity contribution in [2.24, 2.45) is 7.05 Å². The lowest BCUT2D eigenvalue weighted by molar-refractivity contribution is -0.123. The van der Waals surface area contributed by atoms with Gasteiger partial charge in [-0.2, -0.15) is 5.26 Å². The number of para-hydroxylation sites is 1. The third-order valence-electron chi connectivity index (χ3n) is 4.71. The molecular weight excluding hydrogens is 384 g/mol. The maximum absolute atomic E-state index is 12.9. The fraction of sp³-hybridized carbons (Fsp3) is 0.182. The van der Waals surface area contributed by atoms with E-state index < -0.39 is 18.0 Å². The Bertz CT molecular complexity index is 1180. The van der Waals surface area contributed by atoms with E-state index in [1.807, 2.05) is 24.3 Å². The van der Waals surface area contributed by atoms with E-state index in [-0.39, 0.29) is 16.8 Å². The van der Waals surface area contributed by atoms with Crippen LogP contribution >= 0.6 is 0 Å². The van der Waals surface area contributed by atoms with Gasteiger partial charge in [-0.25, -0.2) is 9.48 Å². The molecule has 0 saturated carbocycles. The summed E-state index contributed by atoms with van der Waals surface area (Å²) in [4.78, 5) is 37.7. The summed E-state index contributed by atoms with van der Waals surface area (Å²) in [5.41, 5.74) is 1.58. The van der Waals surface area contributed by atoms with Crippen LogP contribution in [0.2, 0.25) is 0 Å². The highest BCUT2D eigenvalue weighted by molar-refractivity contribution is 5.97. The summed E-state index contributed by atoms with van der Waals surface area (Å²) in [5, 5.41) is 11.4. The second-order valence-electron chi connectivity index (χ2n) is 6.66. The number of esters is 1. The molecule has 0 spiro atoms. The number of anilines is 1. The molecule has 1 heterocycles. The fourth-order valence-corrected chi connectivity index (χ4v) is 2.90. The molecule has 1 atom stereocenters. The Kier molecular flexibility index (Phi) is 5.83. The second-order valence-corrected chi connectivity index (χ2v) is 6.66. The van der Waals surface area contributed by atoms with Crippen LogP contribution in [0, 0.1) is 18.3 Å². The highest BCUT2D eigenvalue weighted by atomic mass is 16.5. The highest BCUT2D eigenvalue weighted by Gasteiger charge is 2.23. The molecule has 3 rings (SSSR count). The minimum absolute atomic E-state index is 0.118. The van der Waals surface area contributed by atoms with E-state index in [1.54, 1.807) is 30.8 Å². The van der Waals surface area contributed by atoms with Crippen LogP contribution in [-0.4, -0.2) is 27.3 Å². The molecule has 1 aromatic heterocycles. The summed E-state index contributed by atoms with van der Waals surface area (Å²) in [5.74, 6) is -1.32. The molecule has 0 aliphatic heterocycles. The van der Waals surface area contributed by atoms with E-state index in [1.165, 1.54) is 35.9 Å².